The molecule has 1 saturated heterocycles. The number of amides is 3. The van der Waals surface area contributed by atoms with E-state index >= 15 is 0 Å². The Morgan fingerprint density at radius 3 is 2.57 bits per heavy atom. The summed E-state index contributed by atoms with van der Waals surface area (Å²) in [5.41, 5.74) is 0. The molecule has 0 aromatic carbocycles. The average molecular weight is 200 g/mol. The lowest BCUT2D eigenvalue weighted by Gasteiger charge is -2.14. The van der Waals surface area contributed by atoms with Crippen molar-refractivity contribution >= 4 is 17.9 Å². The first kappa shape index (κ1) is 10.5. The van der Waals surface area contributed by atoms with Crippen LogP contribution in [-0.2, 0) is 9.59 Å². The minimum absolute atomic E-state index is 0.0382. The van der Waals surface area contributed by atoms with Crippen molar-refractivity contribution in [3.8, 4) is 0 Å². The molecule has 3 amide bonds. The van der Waals surface area contributed by atoms with Crippen LogP contribution in [0.1, 0.15) is 13.3 Å². The van der Waals surface area contributed by atoms with Gasteiger partial charge in [-0.2, -0.15) is 0 Å². The van der Waals surface area contributed by atoms with Gasteiger partial charge in [0, 0.05) is 13.1 Å². The topological polar surface area (TPSA) is 77.9 Å². The minimum Gasteiger partial charge on any atom is -0.481 e. The van der Waals surface area contributed by atoms with Crippen molar-refractivity contribution < 1.29 is 19.5 Å². The molecule has 78 valence electrons. The molecule has 6 heteroatoms. The van der Waals surface area contributed by atoms with Crippen LogP contribution in [0.5, 0.6) is 0 Å². The van der Waals surface area contributed by atoms with Crippen LogP contribution in [0.15, 0.2) is 0 Å². The summed E-state index contributed by atoms with van der Waals surface area (Å²) in [6.07, 6.45) is -0.199. The first-order chi connectivity index (χ1) is 6.56. The molecule has 1 aliphatic heterocycles. The Hall–Kier alpha value is -1.59. The van der Waals surface area contributed by atoms with Crippen molar-refractivity contribution in [3.05, 3.63) is 0 Å². The molecule has 1 fully saturated rings. The molecular weight excluding hydrogens is 188 g/mol. The van der Waals surface area contributed by atoms with Crippen LogP contribution < -0.4 is 0 Å². The second-order valence-corrected chi connectivity index (χ2v) is 2.99. The minimum atomic E-state index is -1.01. The molecule has 1 N–H and O–H groups in total. The van der Waals surface area contributed by atoms with E-state index in [9.17, 15) is 14.4 Å². The molecule has 0 atom stereocenters. The van der Waals surface area contributed by atoms with Gasteiger partial charge >= 0.3 is 12.0 Å². The number of carbonyl (C=O) groups excluding carboxylic acids is 2. The average Bonchev–Trinajstić information content (AvgIpc) is 2.39. The lowest BCUT2D eigenvalue weighted by molar-refractivity contribution is -0.137. The van der Waals surface area contributed by atoms with E-state index in [1.807, 2.05) is 0 Å². The smallest absolute Gasteiger partial charge is 0.327 e. The predicted octanol–water partition coefficient (Wildman–Crippen LogP) is -0.255. The van der Waals surface area contributed by atoms with Crippen molar-refractivity contribution in [3.63, 3.8) is 0 Å². The fraction of sp³-hybridized carbons (Fsp3) is 0.625. The van der Waals surface area contributed by atoms with Crippen molar-refractivity contribution in [1.29, 1.82) is 0 Å². The lowest BCUT2D eigenvalue weighted by atomic mass is 10.4. The zero-order valence-electron chi connectivity index (χ0n) is 7.89. The summed E-state index contributed by atoms with van der Waals surface area (Å²) >= 11 is 0. The van der Waals surface area contributed by atoms with Crippen LogP contribution in [0, 0.1) is 0 Å². The molecule has 6 nitrogen and oxygen atoms in total. The third-order valence-corrected chi connectivity index (χ3v) is 2.06. The number of nitrogens with zero attached hydrogens (tertiary/aromatic N) is 2. The summed E-state index contributed by atoms with van der Waals surface area (Å²) in [6, 6.07) is -0.390. The van der Waals surface area contributed by atoms with Gasteiger partial charge in [-0.25, -0.2) is 4.79 Å². The van der Waals surface area contributed by atoms with Gasteiger partial charge in [-0.05, 0) is 6.92 Å². The van der Waals surface area contributed by atoms with Crippen molar-refractivity contribution in [2.75, 3.05) is 19.6 Å². The van der Waals surface area contributed by atoms with Crippen LogP contribution in [0.2, 0.25) is 0 Å². The summed E-state index contributed by atoms with van der Waals surface area (Å²) < 4.78 is 0. The molecule has 0 unspecified atom stereocenters. The first-order valence-electron chi connectivity index (χ1n) is 4.37. The normalized spacial score (nSPS) is 16.6. The Kier molecular flexibility index (Phi) is 3.06. The van der Waals surface area contributed by atoms with Gasteiger partial charge in [0.1, 0.15) is 6.54 Å². The summed E-state index contributed by atoms with van der Waals surface area (Å²) in [5.74, 6) is -1.33. The maximum atomic E-state index is 11.4. The van der Waals surface area contributed by atoms with E-state index in [2.05, 4.69) is 0 Å². The fourth-order valence-corrected chi connectivity index (χ4v) is 1.27. The Labute approximate surface area is 81.1 Å². The standard InChI is InChI=1S/C8H12N2O4/c1-2-9-5-6(11)10(8(9)14)4-3-7(12)13/h2-5H2,1H3,(H,12,13). The number of hydrogen-bond acceptors (Lipinski definition) is 3. The molecule has 0 radical (unpaired) electrons. The van der Waals surface area contributed by atoms with Gasteiger partial charge in [-0.1, -0.05) is 0 Å². The predicted molar refractivity (Wildman–Crippen MR) is 46.6 cm³/mol. The largest absolute Gasteiger partial charge is 0.481 e. The van der Waals surface area contributed by atoms with Crippen LogP contribution in [0.3, 0.4) is 0 Å². The number of aliphatic carboxylic acids is 1. The third-order valence-electron chi connectivity index (χ3n) is 2.06. The quantitative estimate of drug-likeness (QED) is 0.634. The summed E-state index contributed by atoms with van der Waals surface area (Å²) in [4.78, 5) is 35.3. The molecule has 14 heavy (non-hydrogen) atoms. The number of likely N-dealkylation sites (N-methyl/N-ethyl adjacent to an activating group) is 1. The number of hydrogen-bond donors (Lipinski definition) is 1. The van der Waals surface area contributed by atoms with Gasteiger partial charge in [0.2, 0.25) is 5.91 Å². The van der Waals surface area contributed by atoms with E-state index in [4.69, 9.17) is 5.11 Å². The number of carboxylic acids is 1. The van der Waals surface area contributed by atoms with E-state index in [-0.39, 0.29) is 25.4 Å². The molecule has 0 saturated carbocycles. The van der Waals surface area contributed by atoms with Gasteiger partial charge in [-0.3, -0.25) is 14.5 Å². The van der Waals surface area contributed by atoms with Crippen molar-refractivity contribution in [1.82, 2.24) is 9.80 Å². The molecule has 1 aliphatic rings. The molecule has 0 aromatic rings. The third kappa shape index (κ3) is 2.01. The summed E-state index contributed by atoms with van der Waals surface area (Å²) in [5, 5.41) is 8.41. The number of carbonyl (C=O) groups is 3. The maximum absolute atomic E-state index is 11.4. The summed E-state index contributed by atoms with van der Waals surface area (Å²) in [7, 11) is 0. The van der Waals surface area contributed by atoms with E-state index in [1.165, 1.54) is 4.90 Å². The first-order valence-corrected chi connectivity index (χ1v) is 4.37. The highest BCUT2D eigenvalue weighted by atomic mass is 16.4. The second-order valence-electron chi connectivity index (χ2n) is 2.99. The molecular formula is C8H12N2O4. The van der Waals surface area contributed by atoms with Crippen molar-refractivity contribution in [2.45, 2.75) is 13.3 Å². The zero-order valence-corrected chi connectivity index (χ0v) is 7.89. The van der Waals surface area contributed by atoms with E-state index < -0.39 is 12.0 Å². The SMILES string of the molecule is CCN1CC(=O)N(CCC(=O)O)C1=O. The van der Waals surface area contributed by atoms with Gasteiger partial charge in [-0.15, -0.1) is 0 Å². The van der Waals surface area contributed by atoms with Gasteiger partial charge in [0.15, 0.2) is 0 Å². The Bertz CT molecular complexity index is 277. The van der Waals surface area contributed by atoms with Crippen molar-refractivity contribution in [2.24, 2.45) is 0 Å². The second kappa shape index (κ2) is 4.08. The van der Waals surface area contributed by atoms with Gasteiger partial charge < -0.3 is 10.0 Å². The Morgan fingerprint density at radius 2 is 2.14 bits per heavy atom. The maximum Gasteiger partial charge on any atom is 0.327 e. The Balaban J connectivity index is 2.56. The highest BCUT2D eigenvalue weighted by Gasteiger charge is 2.34. The van der Waals surface area contributed by atoms with Crippen LogP contribution in [0.25, 0.3) is 0 Å². The summed E-state index contributed by atoms with van der Waals surface area (Å²) in [6.45, 7) is 2.26. The Morgan fingerprint density at radius 1 is 1.50 bits per heavy atom. The van der Waals surface area contributed by atoms with E-state index in [1.54, 1.807) is 6.92 Å². The van der Waals surface area contributed by atoms with Gasteiger partial charge in [0.05, 0.1) is 6.42 Å². The van der Waals surface area contributed by atoms with Gasteiger partial charge in [0.25, 0.3) is 0 Å². The number of rotatable bonds is 4. The molecule has 1 rings (SSSR count). The molecule has 1 heterocycles. The number of carboxylic acid groups (broad SMARTS) is 1. The highest BCUT2D eigenvalue weighted by Crippen LogP contribution is 2.09. The van der Waals surface area contributed by atoms with E-state index in [0.29, 0.717) is 6.54 Å². The van der Waals surface area contributed by atoms with Crippen LogP contribution in [-0.4, -0.2) is 52.4 Å². The molecule has 0 aliphatic carbocycles. The van der Waals surface area contributed by atoms with Crippen LogP contribution in [0.4, 0.5) is 4.79 Å². The molecule has 0 spiro atoms. The lowest BCUT2D eigenvalue weighted by Crippen LogP contribution is -2.34. The molecule has 0 aromatic heterocycles. The van der Waals surface area contributed by atoms with Crippen LogP contribution >= 0.6 is 0 Å². The molecule has 0 bridgehead atoms. The zero-order chi connectivity index (χ0) is 10.7. The highest BCUT2D eigenvalue weighted by molar-refractivity contribution is 6.02. The fourth-order valence-electron chi connectivity index (χ4n) is 1.27. The monoisotopic (exact) mass is 200 g/mol. The number of imide groups is 1. The van der Waals surface area contributed by atoms with E-state index in [0.717, 1.165) is 4.90 Å². The number of urea groups is 1.